The number of nitrogens with zero attached hydrogens (tertiary/aromatic N) is 3. The number of pyridine rings is 1. The van der Waals surface area contributed by atoms with Crippen LogP contribution in [0.3, 0.4) is 0 Å². The van der Waals surface area contributed by atoms with Crippen molar-refractivity contribution in [1.82, 2.24) is 20.3 Å². The van der Waals surface area contributed by atoms with E-state index in [9.17, 15) is 8.42 Å². The van der Waals surface area contributed by atoms with Gasteiger partial charge in [-0.05, 0) is 61.4 Å². The van der Waals surface area contributed by atoms with Gasteiger partial charge in [0.2, 0.25) is 11.8 Å². The van der Waals surface area contributed by atoms with Crippen molar-refractivity contribution in [1.29, 1.82) is 0 Å². The molecular weight excluding hydrogens is 534 g/mol. The van der Waals surface area contributed by atoms with E-state index in [1.54, 1.807) is 18.3 Å². The monoisotopic (exact) mass is 565 g/mol. The first-order valence-electron chi connectivity index (χ1n) is 13.2. The molecule has 1 atom stereocenters. The van der Waals surface area contributed by atoms with Crippen molar-refractivity contribution in [2.24, 2.45) is 0 Å². The molecule has 1 aliphatic heterocycles. The van der Waals surface area contributed by atoms with E-state index < -0.39 is 9.84 Å². The molecule has 2 N–H and O–H groups in total. The molecule has 1 saturated heterocycles. The molecular formula is C29H32ClN5O3S. The standard InChI is InChI=1S/C29H32ClN5O3S/c1-3-14-39(36,37)18-20-6-4-8-24-23(20)10-9-19(2)27(24)38-28-25(15-21(30)16-33-28)26-11-13-32-29(35-26)34-22-7-5-12-31-17-22/h4,6,8-11,13,15-16,22,31H,3,5,7,12,14,17-18H2,1-2H3,(H,32,34,35)/t22-/m0/s1. The number of fused-ring (bicyclic) bond motifs is 1. The molecule has 1 aliphatic rings. The summed E-state index contributed by atoms with van der Waals surface area (Å²) in [5.41, 5.74) is 2.91. The lowest BCUT2D eigenvalue weighted by Crippen LogP contribution is -2.38. The third-order valence-electron chi connectivity index (χ3n) is 6.77. The fourth-order valence-corrected chi connectivity index (χ4v) is 6.56. The molecule has 5 rings (SSSR count). The number of sulfone groups is 1. The van der Waals surface area contributed by atoms with Gasteiger partial charge < -0.3 is 15.4 Å². The Hall–Kier alpha value is -3.27. The van der Waals surface area contributed by atoms with E-state index in [1.807, 2.05) is 44.2 Å². The predicted octanol–water partition coefficient (Wildman–Crippen LogP) is 5.93. The lowest BCUT2D eigenvalue weighted by molar-refractivity contribution is 0.466. The number of rotatable bonds is 9. The summed E-state index contributed by atoms with van der Waals surface area (Å²) in [6, 6.07) is 13.4. The van der Waals surface area contributed by atoms with Crippen LogP contribution >= 0.6 is 11.6 Å². The van der Waals surface area contributed by atoms with Crippen molar-refractivity contribution in [3.8, 4) is 22.9 Å². The molecule has 0 spiro atoms. The summed E-state index contributed by atoms with van der Waals surface area (Å²) in [5, 5.41) is 8.91. The maximum Gasteiger partial charge on any atom is 0.228 e. The van der Waals surface area contributed by atoms with Crippen LogP contribution in [0, 0.1) is 6.92 Å². The van der Waals surface area contributed by atoms with Crippen molar-refractivity contribution in [3.05, 3.63) is 71.0 Å². The minimum atomic E-state index is -3.21. The van der Waals surface area contributed by atoms with Crippen molar-refractivity contribution in [3.63, 3.8) is 0 Å². The van der Waals surface area contributed by atoms with Gasteiger partial charge in [-0.25, -0.2) is 23.4 Å². The number of aromatic nitrogens is 3. The number of ether oxygens (including phenoxy) is 1. The Kier molecular flexibility index (Phi) is 8.30. The van der Waals surface area contributed by atoms with Crippen LogP contribution in [0.1, 0.15) is 37.3 Å². The van der Waals surface area contributed by atoms with Crippen molar-refractivity contribution in [2.45, 2.75) is 44.9 Å². The molecule has 8 nitrogen and oxygen atoms in total. The summed E-state index contributed by atoms with van der Waals surface area (Å²) >= 11 is 6.36. The number of benzene rings is 2. The molecule has 2 aromatic heterocycles. The normalized spacial score (nSPS) is 15.8. The molecule has 2 aromatic carbocycles. The molecule has 1 fully saturated rings. The summed E-state index contributed by atoms with van der Waals surface area (Å²) in [7, 11) is -3.21. The van der Waals surface area contributed by atoms with E-state index in [-0.39, 0.29) is 17.5 Å². The quantitative estimate of drug-likeness (QED) is 0.257. The predicted molar refractivity (Wildman–Crippen MR) is 156 cm³/mol. The molecule has 4 aromatic rings. The van der Waals surface area contributed by atoms with Gasteiger partial charge in [0.1, 0.15) is 5.75 Å². The van der Waals surface area contributed by atoms with Crippen LogP contribution in [-0.2, 0) is 15.6 Å². The second kappa shape index (κ2) is 11.9. The van der Waals surface area contributed by atoms with Gasteiger partial charge in [0.25, 0.3) is 0 Å². The van der Waals surface area contributed by atoms with Crippen LogP contribution < -0.4 is 15.4 Å². The average Bonchev–Trinajstić information content (AvgIpc) is 2.91. The number of nitrogens with one attached hydrogen (secondary N) is 2. The Morgan fingerprint density at radius 3 is 2.82 bits per heavy atom. The molecule has 10 heteroatoms. The molecule has 39 heavy (non-hydrogen) atoms. The van der Waals surface area contributed by atoms with E-state index in [1.165, 1.54) is 6.20 Å². The molecule has 204 valence electrons. The van der Waals surface area contributed by atoms with Gasteiger partial charge in [0, 0.05) is 30.4 Å². The molecule has 0 bridgehead atoms. The highest BCUT2D eigenvalue weighted by Gasteiger charge is 2.19. The molecule has 0 unspecified atom stereocenters. The topological polar surface area (TPSA) is 106 Å². The Bertz CT molecular complexity index is 1590. The lowest BCUT2D eigenvalue weighted by atomic mass is 10.0. The van der Waals surface area contributed by atoms with Crippen LogP contribution in [0.25, 0.3) is 22.0 Å². The van der Waals surface area contributed by atoms with Gasteiger partial charge in [-0.3, -0.25) is 0 Å². The maximum atomic E-state index is 12.6. The summed E-state index contributed by atoms with van der Waals surface area (Å²) in [4.78, 5) is 13.7. The second-order valence-electron chi connectivity index (χ2n) is 9.88. The first kappa shape index (κ1) is 27.3. The first-order valence-corrected chi connectivity index (χ1v) is 15.4. The summed E-state index contributed by atoms with van der Waals surface area (Å²) in [5.74, 6) is 1.63. The van der Waals surface area contributed by atoms with Crippen LogP contribution in [0.2, 0.25) is 5.02 Å². The first-order chi connectivity index (χ1) is 18.8. The minimum Gasteiger partial charge on any atom is -0.437 e. The zero-order valence-electron chi connectivity index (χ0n) is 22.1. The van der Waals surface area contributed by atoms with E-state index in [0.29, 0.717) is 40.3 Å². The summed E-state index contributed by atoms with van der Waals surface area (Å²) < 4.78 is 31.7. The van der Waals surface area contributed by atoms with Crippen molar-refractivity contribution in [2.75, 3.05) is 24.2 Å². The van der Waals surface area contributed by atoms with Crippen LogP contribution in [0.5, 0.6) is 11.6 Å². The highest BCUT2D eigenvalue weighted by Crippen LogP contribution is 2.38. The molecule has 0 radical (unpaired) electrons. The summed E-state index contributed by atoms with van der Waals surface area (Å²) in [6.07, 6.45) is 5.98. The Morgan fingerprint density at radius 1 is 1.15 bits per heavy atom. The van der Waals surface area contributed by atoms with Crippen molar-refractivity contribution < 1.29 is 13.2 Å². The molecule has 3 heterocycles. The third-order valence-corrected chi connectivity index (χ3v) is 8.76. The molecule has 0 aliphatic carbocycles. The number of halogens is 1. The van der Waals surface area contributed by atoms with E-state index in [4.69, 9.17) is 21.3 Å². The zero-order valence-corrected chi connectivity index (χ0v) is 23.6. The van der Waals surface area contributed by atoms with Gasteiger partial charge in [0.15, 0.2) is 9.84 Å². The number of anilines is 1. The number of hydrogen-bond acceptors (Lipinski definition) is 8. The highest BCUT2D eigenvalue weighted by molar-refractivity contribution is 7.90. The van der Waals surface area contributed by atoms with Crippen LogP contribution in [0.4, 0.5) is 5.95 Å². The Labute approximate surface area is 234 Å². The van der Waals surface area contributed by atoms with E-state index >= 15 is 0 Å². The third kappa shape index (κ3) is 6.49. The molecule has 0 saturated carbocycles. The van der Waals surface area contributed by atoms with Gasteiger partial charge >= 0.3 is 0 Å². The highest BCUT2D eigenvalue weighted by atomic mass is 35.5. The number of hydrogen-bond donors (Lipinski definition) is 2. The van der Waals surface area contributed by atoms with E-state index in [0.717, 1.165) is 47.8 Å². The fourth-order valence-electron chi connectivity index (χ4n) is 4.91. The van der Waals surface area contributed by atoms with Gasteiger partial charge in [-0.2, -0.15) is 0 Å². The van der Waals surface area contributed by atoms with Gasteiger partial charge in [0.05, 0.1) is 27.8 Å². The van der Waals surface area contributed by atoms with E-state index in [2.05, 4.69) is 20.6 Å². The van der Waals surface area contributed by atoms with Gasteiger partial charge in [-0.15, -0.1) is 0 Å². The summed E-state index contributed by atoms with van der Waals surface area (Å²) in [6.45, 7) is 5.71. The molecule has 0 amide bonds. The van der Waals surface area contributed by atoms with Crippen molar-refractivity contribution >= 4 is 38.2 Å². The Balaban J connectivity index is 1.51. The number of aryl methyl sites for hydroxylation is 1. The average molecular weight is 566 g/mol. The second-order valence-corrected chi connectivity index (χ2v) is 12.5. The Morgan fingerprint density at radius 2 is 2.03 bits per heavy atom. The largest absolute Gasteiger partial charge is 0.437 e. The number of piperidine rings is 1. The lowest BCUT2D eigenvalue weighted by Gasteiger charge is -2.23. The SMILES string of the molecule is CCCS(=O)(=O)Cc1cccc2c(Oc3ncc(Cl)cc3-c3ccnc(N[C@H]4CCCNC4)n3)c(C)ccc12. The fraction of sp³-hybridized carbons (Fsp3) is 0.345. The zero-order chi connectivity index (χ0) is 27.4. The van der Waals surface area contributed by atoms with Crippen LogP contribution in [0.15, 0.2) is 54.9 Å². The van der Waals surface area contributed by atoms with Crippen LogP contribution in [-0.4, -0.2) is 48.3 Å². The minimum absolute atomic E-state index is 0.0155. The maximum absolute atomic E-state index is 12.6. The smallest absolute Gasteiger partial charge is 0.228 e. The van der Waals surface area contributed by atoms with Gasteiger partial charge in [-0.1, -0.05) is 48.9 Å².